The van der Waals surface area contributed by atoms with Crippen molar-refractivity contribution in [1.29, 1.82) is 0 Å². The van der Waals surface area contributed by atoms with Crippen LogP contribution in [0.5, 0.6) is 0 Å². The summed E-state index contributed by atoms with van der Waals surface area (Å²) < 4.78 is 5.30. The average molecular weight is 253 g/mol. The molecule has 1 aliphatic heterocycles. The lowest BCUT2D eigenvalue weighted by molar-refractivity contribution is -0.0151. The van der Waals surface area contributed by atoms with Crippen molar-refractivity contribution in [2.75, 3.05) is 37.8 Å². The molecule has 1 aromatic rings. The van der Waals surface area contributed by atoms with Crippen LogP contribution in [0.25, 0.3) is 0 Å². The van der Waals surface area contributed by atoms with Crippen LogP contribution in [0.15, 0.2) is 24.3 Å². The van der Waals surface area contributed by atoms with Crippen molar-refractivity contribution in [2.24, 2.45) is 0 Å². The summed E-state index contributed by atoms with van der Waals surface area (Å²) in [5, 5.41) is 28.5. The van der Waals surface area contributed by atoms with Gasteiger partial charge in [-0.1, -0.05) is 18.2 Å². The topological polar surface area (TPSA) is 73.2 Å². The second-order valence-electron chi connectivity index (χ2n) is 4.35. The minimum Gasteiger partial charge on any atom is -0.394 e. The monoisotopic (exact) mass is 253 g/mol. The van der Waals surface area contributed by atoms with Gasteiger partial charge in [0.25, 0.3) is 0 Å². The van der Waals surface area contributed by atoms with Gasteiger partial charge >= 0.3 is 0 Å². The number of para-hydroxylation sites is 1. The number of aliphatic hydroxyl groups is 3. The molecule has 5 heteroatoms. The highest BCUT2D eigenvalue weighted by molar-refractivity contribution is 5.55. The van der Waals surface area contributed by atoms with E-state index < -0.39 is 18.8 Å². The molecule has 1 fully saturated rings. The fourth-order valence-corrected chi connectivity index (χ4v) is 2.14. The van der Waals surface area contributed by atoms with Gasteiger partial charge in [0.2, 0.25) is 0 Å². The Hall–Kier alpha value is -1.14. The van der Waals surface area contributed by atoms with Crippen LogP contribution in [0, 0.1) is 0 Å². The molecule has 0 spiro atoms. The van der Waals surface area contributed by atoms with Crippen molar-refractivity contribution < 1.29 is 20.1 Å². The van der Waals surface area contributed by atoms with Crippen molar-refractivity contribution in [3.8, 4) is 0 Å². The molecule has 0 amide bonds. The number of aliphatic hydroxyl groups excluding tert-OH is 3. The van der Waals surface area contributed by atoms with E-state index in [1.807, 2.05) is 18.2 Å². The first kappa shape index (κ1) is 13.3. The van der Waals surface area contributed by atoms with Gasteiger partial charge in [-0.15, -0.1) is 0 Å². The highest BCUT2D eigenvalue weighted by atomic mass is 16.5. The first-order chi connectivity index (χ1) is 8.74. The SMILES string of the molecule is OCC(O)C(O)c1ccccc1N1CCOCC1. The van der Waals surface area contributed by atoms with E-state index in [0.29, 0.717) is 18.8 Å². The Labute approximate surface area is 106 Å². The van der Waals surface area contributed by atoms with Crippen LogP contribution in [-0.2, 0) is 4.74 Å². The van der Waals surface area contributed by atoms with Gasteiger partial charge in [0.15, 0.2) is 0 Å². The van der Waals surface area contributed by atoms with Crippen LogP contribution in [0.2, 0.25) is 0 Å². The molecule has 2 unspecified atom stereocenters. The number of hydrogen-bond donors (Lipinski definition) is 3. The third-order valence-electron chi connectivity index (χ3n) is 3.16. The maximum atomic E-state index is 10.0. The maximum Gasteiger partial charge on any atom is 0.109 e. The molecular formula is C13H19NO4. The average Bonchev–Trinajstić information content (AvgIpc) is 2.46. The lowest BCUT2D eigenvalue weighted by atomic mass is 10.0. The molecule has 2 rings (SSSR count). The minimum atomic E-state index is -1.16. The van der Waals surface area contributed by atoms with Gasteiger partial charge in [-0.3, -0.25) is 0 Å². The molecule has 2 atom stereocenters. The summed E-state index contributed by atoms with van der Waals surface area (Å²) in [5.74, 6) is 0. The van der Waals surface area contributed by atoms with Crippen LogP contribution in [0.3, 0.4) is 0 Å². The number of anilines is 1. The van der Waals surface area contributed by atoms with E-state index in [2.05, 4.69) is 4.90 Å². The summed E-state index contributed by atoms with van der Waals surface area (Å²) in [6, 6.07) is 7.39. The van der Waals surface area contributed by atoms with Gasteiger partial charge in [-0.2, -0.15) is 0 Å². The van der Waals surface area contributed by atoms with E-state index in [1.54, 1.807) is 6.07 Å². The fourth-order valence-electron chi connectivity index (χ4n) is 2.14. The predicted molar refractivity (Wildman–Crippen MR) is 67.5 cm³/mol. The van der Waals surface area contributed by atoms with E-state index in [-0.39, 0.29) is 0 Å². The van der Waals surface area contributed by atoms with Gasteiger partial charge in [0, 0.05) is 24.3 Å². The molecule has 0 radical (unpaired) electrons. The standard InChI is InChI=1S/C13H19NO4/c15-9-12(16)13(17)10-3-1-2-4-11(10)14-5-7-18-8-6-14/h1-4,12-13,15-17H,5-9H2. The Balaban J connectivity index is 2.24. The number of benzene rings is 1. The van der Waals surface area contributed by atoms with E-state index in [4.69, 9.17) is 9.84 Å². The Kier molecular flexibility index (Phi) is 4.54. The zero-order valence-corrected chi connectivity index (χ0v) is 10.2. The molecule has 0 bridgehead atoms. The van der Waals surface area contributed by atoms with Crippen LogP contribution in [-0.4, -0.2) is 54.3 Å². The van der Waals surface area contributed by atoms with Crippen molar-refractivity contribution in [1.82, 2.24) is 0 Å². The number of nitrogens with zero attached hydrogens (tertiary/aromatic N) is 1. The molecule has 1 aromatic carbocycles. The van der Waals surface area contributed by atoms with Crippen molar-refractivity contribution in [3.63, 3.8) is 0 Å². The van der Waals surface area contributed by atoms with Gasteiger partial charge in [0.1, 0.15) is 12.2 Å². The molecule has 0 aromatic heterocycles. The lowest BCUT2D eigenvalue weighted by Crippen LogP contribution is -2.37. The molecule has 0 saturated carbocycles. The van der Waals surface area contributed by atoms with Crippen molar-refractivity contribution in [2.45, 2.75) is 12.2 Å². The maximum absolute atomic E-state index is 10.0. The Morgan fingerprint density at radius 2 is 1.83 bits per heavy atom. The van der Waals surface area contributed by atoms with Gasteiger partial charge in [-0.05, 0) is 6.07 Å². The van der Waals surface area contributed by atoms with Crippen LogP contribution in [0.1, 0.15) is 11.7 Å². The first-order valence-corrected chi connectivity index (χ1v) is 6.12. The third kappa shape index (κ3) is 2.81. The van der Waals surface area contributed by atoms with Crippen LogP contribution in [0.4, 0.5) is 5.69 Å². The normalized spacial score (nSPS) is 19.6. The highest BCUT2D eigenvalue weighted by Crippen LogP contribution is 2.28. The van der Waals surface area contributed by atoms with E-state index >= 15 is 0 Å². The summed E-state index contributed by atoms with van der Waals surface area (Å²) in [6.45, 7) is 2.39. The molecule has 18 heavy (non-hydrogen) atoms. The van der Waals surface area contributed by atoms with Gasteiger partial charge in [0.05, 0.1) is 19.8 Å². The quantitative estimate of drug-likeness (QED) is 0.699. The summed E-state index contributed by atoms with van der Waals surface area (Å²) in [7, 11) is 0. The molecule has 0 aliphatic carbocycles. The van der Waals surface area contributed by atoms with Gasteiger partial charge < -0.3 is 25.0 Å². The van der Waals surface area contributed by atoms with Gasteiger partial charge in [-0.25, -0.2) is 0 Å². The third-order valence-corrected chi connectivity index (χ3v) is 3.16. The van der Waals surface area contributed by atoms with Crippen LogP contribution < -0.4 is 4.90 Å². The smallest absolute Gasteiger partial charge is 0.109 e. The largest absolute Gasteiger partial charge is 0.394 e. The Bertz CT molecular complexity index is 358. The van der Waals surface area contributed by atoms with Crippen molar-refractivity contribution >= 4 is 5.69 Å². The fraction of sp³-hybridized carbons (Fsp3) is 0.538. The van der Waals surface area contributed by atoms with E-state index in [0.717, 1.165) is 18.8 Å². The summed E-state index contributed by atoms with van der Waals surface area (Å²) in [5.41, 5.74) is 1.53. The predicted octanol–water partition coefficient (Wildman–Crippen LogP) is -0.0902. The molecular weight excluding hydrogens is 234 g/mol. The zero-order valence-electron chi connectivity index (χ0n) is 10.2. The molecule has 1 heterocycles. The number of hydrogen-bond acceptors (Lipinski definition) is 5. The lowest BCUT2D eigenvalue weighted by Gasteiger charge is -2.32. The Morgan fingerprint density at radius 3 is 2.50 bits per heavy atom. The van der Waals surface area contributed by atoms with E-state index in [1.165, 1.54) is 0 Å². The number of ether oxygens (including phenoxy) is 1. The molecule has 1 aliphatic rings. The molecule has 1 saturated heterocycles. The molecule has 3 N–H and O–H groups in total. The summed E-state index contributed by atoms with van der Waals surface area (Å²) in [6.07, 6.45) is -2.23. The summed E-state index contributed by atoms with van der Waals surface area (Å²) >= 11 is 0. The molecule has 5 nitrogen and oxygen atoms in total. The van der Waals surface area contributed by atoms with Crippen LogP contribution >= 0.6 is 0 Å². The summed E-state index contributed by atoms with van der Waals surface area (Å²) in [4.78, 5) is 2.12. The zero-order chi connectivity index (χ0) is 13.0. The number of morpholine rings is 1. The molecule has 100 valence electrons. The first-order valence-electron chi connectivity index (χ1n) is 6.12. The second-order valence-corrected chi connectivity index (χ2v) is 4.35. The Morgan fingerprint density at radius 1 is 1.17 bits per heavy atom. The number of rotatable bonds is 4. The minimum absolute atomic E-state index is 0.460. The van der Waals surface area contributed by atoms with E-state index in [9.17, 15) is 10.2 Å². The highest BCUT2D eigenvalue weighted by Gasteiger charge is 2.23. The van der Waals surface area contributed by atoms with Crippen molar-refractivity contribution in [3.05, 3.63) is 29.8 Å². The second kappa shape index (κ2) is 6.15.